The molecule has 2 aromatic rings. The first-order chi connectivity index (χ1) is 12.1. The largest absolute Gasteiger partial charge is 0.398 e. The lowest BCUT2D eigenvalue weighted by atomic mass is 10.2. The molecule has 0 fully saturated rings. The summed E-state index contributed by atoms with van der Waals surface area (Å²) in [5.41, 5.74) is 1.28. The number of sulfonamides is 1. The lowest BCUT2D eigenvalue weighted by Gasteiger charge is -2.14. The van der Waals surface area contributed by atoms with Crippen LogP contribution in [0.25, 0.3) is 0 Å². The Labute approximate surface area is 155 Å². The number of nitrogens with one attached hydrogen (secondary N) is 1. The fourth-order valence-corrected chi connectivity index (χ4v) is 3.88. The van der Waals surface area contributed by atoms with Crippen molar-refractivity contribution >= 4 is 27.5 Å². The van der Waals surface area contributed by atoms with E-state index < -0.39 is 22.0 Å². The highest BCUT2D eigenvalue weighted by atomic mass is 32.2. The van der Waals surface area contributed by atoms with Gasteiger partial charge in [-0.2, -0.15) is 13.2 Å². The van der Waals surface area contributed by atoms with Crippen molar-refractivity contribution in [1.82, 2.24) is 4.31 Å². The number of benzene rings is 2. The molecular weight excluding hydrogens is 385 g/mol. The Bertz CT molecular complexity index is 853. The van der Waals surface area contributed by atoms with Gasteiger partial charge in [-0.25, -0.2) is 12.7 Å². The third-order valence-corrected chi connectivity index (χ3v) is 6.39. The van der Waals surface area contributed by atoms with Gasteiger partial charge in [0.2, 0.25) is 10.0 Å². The number of halogens is 3. The molecule has 0 bridgehead atoms. The summed E-state index contributed by atoms with van der Waals surface area (Å²) in [5, 5.41) is 3.08. The van der Waals surface area contributed by atoms with Gasteiger partial charge in [-0.15, -0.1) is 11.8 Å². The summed E-state index contributed by atoms with van der Waals surface area (Å²) in [6.45, 7) is 0.292. The molecule has 2 rings (SSSR count). The van der Waals surface area contributed by atoms with E-state index in [4.69, 9.17) is 0 Å². The molecule has 0 atom stereocenters. The van der Waals surface area contributed by atoms with E-state index in [1.807, 2.05) is 0 Å². The fourth-order valence-electron chi connectivity index (χ4n) is 2.12. The van der Waals surface area contributed by atoms with Gasteiger partial charge in [0.05, 0.1) is 10.6 Å². The third kappa shape index (κ3) is 5.65. The molecule has 0 spiro atoms. The fraction of sp³-hybridized carbons (Fsp3) is 0.294. The molecule has 0 unspecified atom stereocenters. The first-order valence-corrected chi connectivity index (χ1v) is 10.1. The predicted octanol–water partition coefficient (Wildman–Crippen LogP) is 4.20. The minimum Gasteiger partial charge on any atom is -0.380 e. The average Bonchev–Trinajstić information content (AvgIpc) is 2.58. The van der Waals surface area contributed by atoms with Gasteiger partial charge in [0.15, 0.2) is 0 Å². The standard InChI is InChI=1S/C17H19F3N2O2S2/c1-22(2)26(23,24)14-7-5-6-13(10-14)11-21-15-8-3-4-9-16(15)25-12-17(18,19)20/h3-10,21H,11-12H2,1-2H3. The molecule has 2 aromatic carbocycles. The predicted molar refractivity (Wildman–Crippen MR) is 97.9 cm³/mol. The Morgan fingerprint density at radius 2 is 1.77 bits per heavy atom. The number of anilines is 1. The summed E-state index contributed by atoms with van der Waals surface area (Å²) < 4.78 is 62.8. The van der Waals surface area contributed by atoms with Gasteiger partial charge < -0.3 is 5.32 Å². The molecule has 0 aliphatic rings. The Balaban J connectivity index is 2.13. The van der Waals surface area contributed by atoms with E-state index in [1.54, 1.807) is 42.5 Å². The van der Waals surface area contributed by atoms with Crippen LogP contribution < -0.4 is 5.32 Å². The number of rotatable bonds is 7. The summed E-state index contributed by atoms with van der Waals surface area (Å²) in [7, 11) is -0.634. The minimum atomic E-state index is -4.24. The Morgan fingerprint density at radius 3 is 2.42 bits per heavy atom. The zero-order chi connectivity index (χ0) is 19.4. The maximum atomic E-state index is 12.4. The van der Waals surface area contributed by atoms with Crippen LogP contribution in [-0.2, 0) is 16.6 Å². The van der Waals surface area contributed by atoms with Crippen LogP contribution in [0.5, 0.6) is 0 Å². The summed E-state index contributed by atoms with van der Waals surface area (Å²) in [5.74, 6) is -0.970. The number of nitrogens with zero attached hydrogens (tertiary/aromatic N) is 1. The maximum absolute atomic E-state index is 12.4. The minimum absolute atomic E-state index is 0.168. The molecule has 0 saturated carbocycles. The molecule has 0 aromatic heterocycles. The molecule has 0 aliphatic carbocycles. The van der Waals surface area contributed by atoms with Crippen LogP contribution >= 0.6 is 11.8 Å². The second-order valence-electron chi connectivity index (χ2n) is 5.69. The molecule has 1 N–H and O–H groups in total. The van der Waals surface area contributed by atoms with E-state index in [0.717, 1.165) is 4.31 Å². The highest BCUT2D eigenvalue weighted by Gasteiger charge is 2.27. The van der Waals surface area contributed by atoms with Crippen LogP contribution in [-0.4, -0.2) is 38.7 Å². The number of hydrogen-bond acceptors (Lipinski definition) is 4. The molecule has 0 amide bonds. The number of para-hydroxylation sites is 1. The molecule has 142 valence electrons. The van der Waals surface area contributed by atoms with Crippen molar-refractivity contribution in [3.05, 3.63) is 54.1 Å². The molecule has 0 aliphatic heterocycles. The topological polar surface area (TPSA) is 49.4 Å². The van der Waals surface area contributed by atoms with Gasteiger partial charge >= 0.3 is 6.18 Å². The van der Waals surface area contributed by atoms with Gasteiger partial charge in [0.25, 0.3) is 0 Å². The highest BCUT2D eigenvalue weighted by Crippen LogP contribution is 2.32. The molecule has 4 nitrogen and oxygen atoms in total. The summed E-state index contributed by atoms with van der Waals surface area (Å²) in [4.78, 5) is 0.656. The van der Waals surface area contributed by atoms with E-state index in [0.29, 0.717) is 34.5 Å². The molecular formula is C17H19F3N2O2S2. The second kappa shape index (κ2) is 8.32. The Hall–Kier alpha value is -1.71. The molecule has 9 heteroatoms. The van der Waals surface area contributed by atoms with E-state index in [-0.39, 0.29) is 4.90 Å². The van der Waals surface area contributed by atoms with Crippen LogP contribution in [0.15, 0.2) is 58.3 Å². The van der Waals surface area contributed by atoms with Crippen LogP contribution in [0.2, 0.25) is 0 Å². The van der Waals surface area contributed by atoms with Gasteiger partial charge in [0, 0.05) is 31.2 Å². The van der Waals surface area contributed by atoms with Crippen LogP contribution in [0.1, 0.15) is 5.56 Å². The van der Waals surface area contributed by atoms with Gasteiger partial charge in [-0.3, -0.25) is 0 Å². The van der Waals surface area contributed by atoms with E-state index in [1.165, 1.54) is 20.2 Å². The first kappa shape index (κ1) is 20.6. The van der Waals surface area contributed by atoms with Crippen molar-refractivity contribution in [2.45, 2.75) is 22.5 Å². The second-order valence-corrected chi connectivity index (χ2v) is 8.86. The van der Waals surface area contributed by atoms with E-state index >= 15 is 0 Å². The zero-order valence-electron chi connectivity index (χ0n) is 14.2. The van der Waals surface area contributed by atoms with E-state index in [2.05, 4.69) is 5.32 Å². The summed E-state index contributed by atoms with van der Waals surface area (Å²) >= 11 is 0.710. The van der Waals surface area contributed by atoms with Crippen LogP contribution in [0.3, 0.4) is 0 Å². The van der Waals surface area contributed by atoms with Gasteiger partial charge in [0.1, 0.15) is 0 Å². The lowest BCUT2D eigenvalue weighted by Crippen LogP contribution is -2.22. The Kier molecular flexibility index (Phi) is 6.59. The van der Waals surface area contributed by atoms with Gasteiger partial charge in [-0.05, 0) is 29.8 Å². The lowest BCUT2D eigenvalue weighted by molar-refractivity contribution is -0.105. The van der Waals surface area contributed by atoms with Crippen molar-refractivity contribution in [2.24, 2.45) is 0 Å². The first-order valence-electron chi connectivity index (χ1n) is 7.63. The smallest absolute Gasteiger partial charge is 0.380 e. The maximum Gasteiger partial charge on any atom is 0.398 e. The van der Waals surface area contributed by atoms with Crippen molar-refractivity contribution in [2.75, 3.05) is 25.2 Å². The van der Waals surface area contributed by atoms with Crippen molar-refractivity contribution in [3.8, 4) is 0 Å². The number of alkyl halides is 3. The summed E-state index contributed by atoms with van der Waals surface area (Å²) in [6, 6.07) is 13.2. The number of hydrogen-bond donors (Lipinski definition) is 1. The molecule has 0 saturated heterocycles. The average molecular weight is 404 g/mol. The van der Waals surface area contributed by atoms with Crippen LogP contribution in [0, 0.1) is 0 Å². The molecule has 0 heterocycles. The monoisotopic (exact) mass is 404 g/mol. The van der Waals surface area contributed by atoms with Crippen LogP contribution in [0.4, 0.5) is 18.9 Å². The quantitative estimate of drug-likeness (QED) is 0.703. The van der Waals surface area contributed by atoms with E-state index in [9.17, 15) is 21.6 Å². The molecule has 0 radical (unpaired) electrons. The van der Waals surface area contributed by atoms with Gasteiger partial charge in [-0.1, -0.05) is 24.3 Å². The van der Waals surface area contributed by atoms with Crippen molar-refractivity contribution in [3.63, 3.8) is 0 Å². The summed E-state index contributed by atoms with van der Waals surface area (Å²) in [6.07, 6.45) is -4.24. The van der Waals surface area contributed by atoms with Crippen molar-refractivity contribution < 1.29 is 21.6 Å². The number of thioether (sulfide) groups is 1. The highest BCUT2D eigenvalue weighted by molar-refractivity contribution is 7.99. The SMILES string of the molecule is CN(C)S(=O)(=O)c1cccc(CNc2ccccc2SCC(F)(F)F)c1. The third-order valence-electron chi connectivity index (χ3n) is 3.44. The molecule has 26 heavy (non-hydrogen) atoms. The van der Waals surface area contributed by atoms with Crippen molar-refractivity contribution in [1.29, 1.82) is 0 Å². The zero-order valence-corrected chi connectivity index (χ0v) is 15.9. The normalized spacial score (nSPS) is 12.4. The Morgan fingerprint density at radius 1 is 1.08 bits per heavy atom.